The third-order valence-electron chi connectivity index (χ3n) is 9.07. The fourth-order valence-electron chi connectivity index (χ4n) is 6.89. The number of piperidine rings is 1. The van der Waals surface area contributed by atoms with Crippen molar-refractivity contribution in [1.29, 1.82) is 5.26 Å². The lowest BCUT2D eigenvalue weighted by Crippen LogP contribution is -2.73. The van der Waals surface area contributed by atoms with Crippen LogP contribution in [0.3, 0.4) is 0 Å². The summed E-state index contributed by atoms with van der Waals surface area (Å²) in [6.45, 7) is 2.48. The number of aromatic amines is 1. The van der Waals surface area contributed by atoms with E-state index >= 15 is 0 Å². The topological polar surface area (TPSA) is 147 Å². The minimum Gasteiger partial charge on any atom is -0.390 e. The highest BCUT2D eigenvalue weighted by molar-refractivity contribution is 7.84. The number of anilines is 3. The Labute approximate surface area is 224 Å². The van der Waals surface area contributed by atoms with Crippen LogP contribution in [0.15, 0.2) is 12.1 Å². The number of aromatic nitrogens is 4. The molecule has 0 amide bonds. The maximum atomic E-state index is 13.5. The average Bonchev–Trinajstić information content (AvgIpc) is 3.43. The molecule has 13 heteroatoms. The summed E-state index contributed by atoms with van der Waals surface area (Å²) in [5.41, 5.74) is 1.58. The molecule has 7 heterocycles. The van der Waals surface area contributed by atoms with Crippen LogP contribution in [-0.4, -0.2) is 95.0 Å². The fourth-order valence-corrected chi connectivity index (χ4v) is 9.11. The highest BCUT2D eigenvalue weighted by Gasteiger charge is 2.65. The number of aliphatic hydroxyl groups is 1. The van der Waals surface area contributed by atoms with Crippen molar-refractivity contribution in [3.63, 3.8) is 0 Å². The van der Waals surface area contributed by atoms with Crippen molar-refractivity contribution < 1.29 is 14.1 Å². The molecular formula is C25H33N9O3S. The van der Waals surface area contributed by atoms with Crippen molar-refractivity contribution in [3.8, 4) is 6.07 Å². The first-order chi connectivity index (χ1) is 18.5. The van der Waals surface area contributed by atoms with Crippen molar-refractivity contribution in [2.24, 2.45) is 5.92 Å². The fraction of sp³-hybridized carbons (Fsp3) is 0.680. The summed E-state index contributed by atoms with van der Waals surface area (Å²) in [7, 11) is 1.03. The number of rotatable bonds is 8. The number of hydrogen-bond donors (Lipinski definition) is 3. The molecule has 0 bridgehead atoms. The van der Waals surface area contributed by atoms with E-state index < -0.39 is 11.0 Å². The standard InChI is InChI=1S/C25H33N9O3S/c1-32(24-27-21(16-13-37-14-16)7-22(29-24)28-23-4-17(12-35)30-31-23)19-5-18-2-3-25(8-20(6-19)34(18)25)38(36)33-10-15(9-26)11-33/h4,7,15-16,18-20,35H,2-3,5-6,8,10-14H2,1H3,(H2,27,28,29,30,31). The minimum atomic E-state index is -1.05. The molecule has 0 aliphatic carbocycles. The van der Waals surface area contributed by atoms with Crippen LogP contribution >= 0.6 is 0 Å². The maximum Gasteiger partial charge on any atom is 0.227 e. The first-order valence-corrected chi connectivity index (χ1v) is 14.5. The van der Waals surface area contributed by atoms with Gasteiger partial charge < -0.3 is 20.1 Å². The predicted octanol–water partition coefficient (Wildman–Crippen LogP) is 1.20. The second-order valence-electron chi connectivity index (χ2n) is 11.3. The Balaban J connectivity index is 1.08. The van der Waals surface area contributed by atoms with Gasteiger partial charge in [0.2, 0.25) is 5.95 Å². The average molecular weight is 540 g/mol. The highest BCUT2D eigenvalue weighted by atomic mass is 32.2. The van der Waals surface area contributed by atoms with Gasteiger partial charge in [0.1, 0.15) is 21.7 Å². The van der Waals surface area contributed by atoms with E-state index in [0.717, 1.165) is 37.8 Å². The molecule has 0 radical (unpaired) electrons. The number of aliphatic hydroxyl groups excluding tert-OH is 1. The van der Waals surface area contributed by atoms with Crippen LogP contribution in [0.25, 0.3) is 0 Å². The van der Waals surface area contributed by atoms with Crippen LogP contribution in [0, 0.1) is 17.2 Å². The van der Waals surface area contributed by atoms with Crippen LogP contribution in [0.4, 0.5) is 17.6 Å². The molecule has 5 saturated heterocycles. The lowest BCUT2D eigenvalue weighted by Gasteiger charge is -2.61. The van der Waals surface area contributed by atoms with Crippen LogP contribution < -0.4 is 10.2 Å². The number of nitrogens with one attached hydrogen (secondary N) is 2. The van der Waals surface area contributed by atoms with Gasteiger partial charge in [-0.2, -0.15) is 15.3 Å². The number of nitriles is 1. The summed E-state index contributed by atoms with van der Waals surface area (Å²) in [4.78, 5) is 14.3. The van der Waals surface area contributed by atoms with Gasteiger partial charge in [0.05, 0.1) is 43.2 Å². The molecule has 38 heavy (non-hydrogen) atoms. The molecule has 5 fully saturated rings. The molecule has 202 valence electrons. The van der Waals surface area contributed by atoms with E-state index in [1.165, 1.54) is 0 Å². The summed E-state index contributed by atoms with van der Waals surface area (Å²) >= 11 is 0. The number of nitrogens with zero attached hydrogens (tertiary/aromatic N) is 7. The van der Waals surface area contributed by atoms with Crippen LogP contribution in [0.1, 0.15) is 49.4 Å². The van der Waals surface area contributed by atoms with Crippen LogP contribution in [0.2, 0.25) is 0 Å². The molecule has 5 unspecified atom stereocenters. The van der Waals surface area contributed by atoms with Crippen molar-refractivity contribution in [2.75, 3.05) is 43.6 Å². The lowest BCUT2D eigenvalue weighted by atomic mass is 9.82. The molecule has 5 aliphatic rings. The second kappa shape index (κ2) is 9.24. The van der Waals surface area contributed by atoms with Gasteiger partial charge in [0, 0.05) is 56.3 Å². The van der Waals surface area contributed by atoms with Crippen LogP contribution in [-0.2, 0) is 22.3 Å². The Morgan fingerprint density at radius 2 is 2.11 bits per heavy atom. The van der Waals surface area contributed by atoms with Gasteiger partial charge >= 0.3 is 0 Å². The second-order valence-corrected chi connectivity index (χ2v) is 13.1. The van der Waals surface area contributed by atoms with Crippen molar-refractivity contribution in [1.82, 2.24) is 29.4 Å². The number of hydrogen-bond acceptors (Lipinski definition) is 10. The summed E-state index contributed by atoms with van der Waals surface area (Å²) in [5, 5.41) is 28.8. The molecule has 5 aliphatic heterocycles. The zero-order valence-electron chi connectivity index (χ0n) is 21.4. The normalized spacial score (nSPS) is 32.0. The zero-order valence-corrected chi connectivity index (χ0v) is 22.2. The maximum absolute atomic E-state index is 13.5. The molecule has 7 rings (SSSR count). The molecule has 12 nitrogen and oxygen atoms in total. The Bertz CT molecular complexity index is 1290. The molecule has 0 saturated carbocycles. The molecular weight excluding hydrogens is 506 g/mol. The first kappa shape index (κ1) is 24.4. The van der Waals surface area contributed by atoms with Gasteiger partial charge in [-0.25, -0.2) is 13.5 Å². The molecule has 0 spiro atoms. The van der Waals surface area contributed by atoms with E-state index in [-0.39, 0.29) is 23.3 Å². The van der Waals surface area contributed by atoms with Crippen molar-refractivity contribution in [2.45, 2.75) is 67.6 Å². The largest absolute Gasteiger partial charge is 0.390 e. The SMILES string of the molecule is CN(c1nc(Nc2cc(CO)[nH]n2)cc(C2COC2)n1)C1CC2CCC3(S(=O)N4CC(C#N)C4)CC(C1)N23. The molecule has 2 aromatic rings. The smallest absolute Gasteiger partial charge is 0.227 e. The van der Waals surface area contributed by atoms with E-state index in [4.69, 9.17) is 20.0 Å². The predicted molar refractivity (Wildman–Crippen MR) is 140 cm³/mol. The zero-order chi connectivity index (χ0) is 26.0. The van der Waals surface area contributed by atoms with Gasteiger partial charge in [0.15, 0.2) is 5.82 Å². The lowest BCUT2D eigenvalue weighted by molar-refractivity contribution is -0.0469. The van der Waals surface area contributed by atoms with E-state index in [9.17, 15) is 9.32 Å². The number of ether oxygens (including phenoxy) is 1. The number of H-pyrrole nitrogens is 1. The molecule has 3 N–H and O–H groups in total. The Morgan fingerprint density at radius 1 is 1.29 bits per heavy atom. The van der Waals surface area contributed by atoms with Crippen molar-refractivity contribution >= 4 is 28.6 Å². The molecule has 2 aromatic heterocycles. The highest BCUT2D eigenvalue weighted by Crippen LogP contribution is 2.56. The summed E-state index contributed by atoms with van der Waals surface area (Å²) in [6, 6.07) is 7.15. The Kier molecular flexibility index (Phi) is 5.93. The van der Waals surface area contributed by atoms with E-state index in [1.54, 1.807) is 6.07 Å². The monoisotopic (exact) mass is 539 g/mol. The Hall–Kier alpha value is -2.63. The van der Waals surface area contributed by atoms with Gasteiger partial charge in [-0.3, -0.25) is 10.00 Å². The summed E-state index contributed by atoms with van der Waals surface area (Å²) in [5.74, 6) is 2.22. The van der Waals surface area contributed by atoms with Gasteiger partial charge in [-0.05, 0) is 32.1 Å². The van der Waals surface area contributed by atoms with E-state index in [2.05, 4.69) is 38.4 Å². The molecule has 5 atom stereocenters. The van der Waals surface area contributed by atoms with Gasteiger partial charge in [-0.1, -0.05) is 0 Å². The summed E-state index contributed by atoms with van der Waals surface area (Å²) < 4.78 is 20.9. The van der Waals surface area contributed by atoms with Crippen LogP contribution in [0.5, 0.6) is 0 Å². The first-order valence-electron chi connectivity index (χ1n) is 13.4. The quantitative estimate of drug-likeness (QED) is 0.447. The third kappa shape index (κ3) is 3.84. The third-order valence-corrected chi connectivity index (χ3v) is 11.1. The Morgan fingerprint density at radius 3 is 2.82 bits per heavy atom. The summed E-state index contributed by atoms with van der Waals surface area (Å²) in [6.07, 6.45) is 4.96. The molecule has 0 aromatic carbocycles. The van der Waals surface area contributed by atoms with Gasteiger partial charge in [0.25, 0.3) is 0 Å². The van der Waals surface area contributed by atoms with E-state index in [0.29, 0.717) is 67.7 Å². The van der Waals surface area contributed by atoms with Crippen molar-refractivity contribution in [3.05, 3.63) is 23.5 Å². The minimum absolute atomic E-state index is 0.0224. The van der Waals surface area contributed by atoms with Gasteiger partial charge in [-0.15, -0.1) is 0 Å². The van der Waals surface area contributed by atoms with E-state index in [1.807, 2.05) is 10.4 Å².